The summed E-state index contributed by atoms with van der Waals surface area (Å²) in [5.74, 6) is 1.52. The monoisotopic (exact) mass is 306 g/mol. The highest BCUT2D eigenvalue weighted by atomic mass is 16.5. The lowest BCUT2D eigenvalue weighted by molar-refractivity contribution is 0.170. The van der Waals surface area contributed by atoms with Crippen molar-refractivity contribution in [1.82, 2.24) is 0 Å². The molecule has 0 bridgehead atoms. The molecule has 0 heterocycles. The molecule has 1 N–H and O–H groups in total. The number of ether oxygens (including phenoxy) is 3. The zero-order valence-electron chi connectivity index (χ0n) is 13.5. The summed E-state index contributed by atoms with van der Waals surface area (Å²) in [6, 6.07) is 6.04. The highest BCUT2D eigenvalue weighted by molar-refractivity contribution is 5.44. The summed E-state index contributed by atoms with van der Waals surface area (Å²) in [6.45, 7) is 1.29. The molecule has 1 aliphatic rings. The van der Waals surface area contributed by atoms with E-state index in [4.69, 9.17) is 14.2 Å². The minimum absolute atomic E-state index is 0.285. The fraction of sp³-hybridized carbons (Fsp3) is 0.556. The largest absolute Gasteiger partial charge is 0.493 e. The highest BCUT2D eigenvalue weighted by Gasteiger charge is 2.12. The summed E-state index contributed by atoms with van der Waals surface area (Å²) in [6.07, 6.45) is 6.41. The zero-order valence-corrected chi connectivity index (χ0v) is 13.5. The average molecular weight is 306 g/mol. The number of hydrogen-bond acceptors (Lipinski definition) is 4. The van der Waals surface area contributed by atoms with Gasteiger partial charge >= 0.3 is 0 Å². The second kappa shape index (κ2) is 8.81. The summed E-state index contributed by atoms with van der Waals surface area (Å²) < 4.78 is 16.2. The number of allylic oxidation sites excluding steroid dienone is 1. The molecule has 4 heteroatoms. The molecule has 0 amide bonds. The topological polar surface area (TPSA) is 47.9 Å². The van der Waals surface area contributed by atoms with Gasteiger partial charge in [-0.05, 0) is 43.4 Å². The van der Waals surface area contributed by atoms with E-state index >= 15 is 0 Å². The van der Waals surface area contributed by atoms with Crippen molar-refractivity contribution in [2.75, 3.05) is 27.4 Å². The SMILES string of the molecule is COCCCOc1cc(CC2=C[C@@H](O)CCC2)ccc1OC. The number of aliphatic hydroxyl groups is 1. The molecule has 0 saturated carbocycles. The van der Waals surface area contributed by atoms with Crippen LogP contribution in [0.5, 0.6) is 11.5 Å². The van der Waals surface area contributed by atoms with E-state index in [9.17, 15) is 5.11 Å². The molecular formula is C18H26O4. The van der Waals surface area contributed by atoms with Gasteiger partial charge in [0.2, 0.25) is 0 Å². The Morgan fingerprint density at radius 2 is 2.05 bits per heavy atom. The predicted molar refractivity (Wildman–Crippen MR) is 86.6 cm³/mol. The lowest BCUT2D eigenvalue weighted by atomic mass is 9.92. The molecule has 0 aromatic heterocycles. The van der Waals surface area contributed by atoms with Gasteiger partial charge in [0.25, 0.3) is 0 Å². The van der Waals surface area contributed by atoms with E-state index in [1.54, 1.807) is 14.2 Å². The van der Waals surface area contributed by atoms with Crippen LogP contribution in [0.3, 0.4) is 0 Å². The highest BCUT2D eigenvalue weighted by Crippen LogP contribution is 2.30. The average Bonchev–Trinajstić information content (AvgIpc) is 2.52. The fourth-order valence-corrected chi connectivity index (χ4v) is 2.72. The molecule has 1 atom stereocenters. The van der Waals surface area contributed by atoms with Crippen LogP contribution in [0, 0.1) is 0 Å². The van der Waals surface area contributed by atoms with Crippen LogP contribution in [0.25, 0.3) is 0 Å². The van der Waals surface area contributed by atoms with Gasteiger partial charge in [0.1, 0.15) is 0 Å². The molecule has 4 nitrogen and oxygen atoms in total. The molecule has 1 aliphatic carbocycles. The Labute approximate surface area is 132 Å². The number of hydrogen-bond donors (Lipinski definition) is 1. The molecule has 0 aliphatic heterocycles. The second-order valence-corrected chi connectivity index (χ2v) is 5.64. The minimum atomic E-state index is -0.285. The van der Waals surface area contributed by atoms with Crippen molar-refractivity contribution in [2.45, 2.75) is 38.2 Å². The molecule has 122 valence electrons. The maximum Gasteiger partial charge on any atom is 0.161 e. The van der Waals surface area contributed by atoms with E-state index in [1.165, 1.54) is 11.1 Å². The number of aliphatic hydroxyl groups excluding tert-OH is 1. The van der Waals surface area contributed by atoms with Crippen molar-refractivity contribution >= 4 is 0 Å². The van der Waals surface area contributed by atoms with Gasteiger partial charge in [0.05, 0.1) is 19.8 Å². The van der Waals surface area contributed by atoms with E-state index in [-0.39, 0.29) is 6.10 Å². The lowest BCUT2D eigenvalue weighted by Gasteiger charge is -2.18. The van der Waals surface area contributed by atoms with Crippen LogP contribution >= 0.6 is 0 Å². The van der Waals surface area contributed by atoms with Crippen molar-refractivity contribution < 1.29 is 19.3 Å². The number of methoxy groups -OCH3 is 2. The quantitative estimate of drug-likeness (QED) is 0.592. The Hall–Kier alpha value is -1.52. The van der Waals surface area contributed by atoms with Crippen molar-refractivity contribution in [3.8, 4) is 11.5 Å². The first-order chi connectivity index (χ1) is 10.7. The van der Waals surface area contributed by atoms with Gasteiger partial charge in [-0.1, -0.05) is 17.7 Å². The zero-order chi connectivity index (χ0) is 15.8. The van der Waals surface area contributed by atoms with Crippen LogP contribution in [0.15, 0.2) is 29.8 Å². The minimum Gasteiger partial charge on any atom is -0.493 e. The third-order valence-corrected chi connectivity index (χ3v) is 3.84. The Bertz CT molecular complexity index is 496. The smallest absolute Gasteiger partial charge is 0.161 e. The van der Waals surface area contributed by atoms with Gasteiger partial charge in [-0.3, -0.25) is 0 Å². The molecule has 2 rings (SSSR count). The van der Waals surface area contributed by atoms with Crippen molar-refractivity contribution in [3.05, 3.63) is 35.4 Å². The van der Waals surface area contributed by atoms with Gasteiger partial charge in [0.15, 0.2) is 11.5 Å². The molecular weight excluding hydrogens is 280 g/mol. The lowest BCUT2D eigenvalue weighted by Crippen LogP contribution is -2.10. The molecule has 0 spiro atoms. The van der Waals surface area contributed by atoms with Crippen LogP contribution in [0.2, 0.25) is 0 Å². The van der Waals surface area contributed by atoms with E-state index in [2.05, 4.69) is 6.07 Å². The number of rotatable bonds is 8. The number of benzene rings is 1. The van der Waals surface area contributed by atoms with E-state index in [0.717, 1.165) is 43.6 Å². The Kier molecular flexibility index (Phi) is 6.74. The van der Waals surface area contributed by atoms with Gasteiger partial charge in [-0.25, -0.2) is 0 Å². The Morgan fingerprint density at radius 1 is 1.18 bits per heavy atom. The summed E-state index contributed by atoms with van der Waals surface area (Å²) in [4.78, 5) is 0. The fourth-order valence-electron chi connectivity index (χ4n) is 2.72. The van der Waals surface area contributed by atoms with Gasteiger partial charge in [0, 0.05) is 20.1 Å². The van der Waals surface area contributed by atoms with Crippen LogP contribution < -0.4 is 9.47 Å². The van der Waals surface area contributed by atoms with E-state index in [0.29, 0.717) is 13.2 Å². The van der Waals surface area contributed by atoms with E-state index in [1.807, 2.05) is 18.2 Å². The normalized spacial score (nSPS) is 18.0. The molecule has 0 saturated heterocycles. The maximum absolute atomic E-state index is 9.73. The molecule has 1 aromatic carbocycles. The van der Waals surface area contributed by atoms with Crippen LogP contribution in [-0.2, 0) is 11.2 Å². The Morgan fingerprint density at radius 3 is 2.77 bits per heavy atom. The van der Waals surface area contributed by atoms with Crippen molar-refractivity contribution in [2.24, 2.45) is 0 Å². The summed E-state index contributed by atoms with van der Waals surface area (Å²) in [5.41, 5.74) is 2.48. The first kappa shape index (κ1) is 16.8. The third-order valence-electron chi connectivity index (χ3n) is 3.84. The van der Waals surface area contributed by atoms with Crippen LogP contribution in [0.4, 0.5) is 0 Å². The Balaban J connectivity index is 2.02. The molecule has 22 heavy (non-hydrogen) atoms. The first-order valence-electron chi connectivity index (χ1n) is 7.89. The molecule has 1 aromatic rings. The molecule has 0 fully saturated rings. The van der Waals surface area contributed by atoms with E-state index < -0.39 is 0 Å². The maximum atomic E-state index is 9.73. The van der Waals surface area contributed by atoms with Crippen molar-refractivity contribution in [3.63, 3.8) is 0 Å². The summed E-state index contributed by atoms with van der Waals surface area (Å²) >= 11 is 0. The standard InChI is InChI=1S/C18H26O4/c1-20-9-4-10-22-18-13-15(7-8-17(18)21-2)11-14-5-3-6-16(19)12-14/h7-8,12-13,16,19H,3-6,9-11H2,1-2H3/t16-/m0/s1. The molecule has 0 radical (unpaired) electrons. The summed E-state index contributed by atoms with van der Waals surface area (Å²) in [7, 11) is 3.34. The van der Waals surface area contributed by atoms with Gasteiger partial charge < -0.3 is 19.3 Å². The predicted octanol–water partition coefficient (Wildman–Crippen LogP) is 3.12. The summed E-state index contributed by atoms with van der Waals surface area (Å²) in [5, 5.41) is 9.73. The van der Waals surface area contributed by atoms with Gasteiger partial charge in [-0.2, -0.15) is 0 Å². The first-order valence-corrected chi connectivity index (χ1v) is 7.89. The second-order valence-electron chi connectivity index (χ2n) is 5.64. The van der Waals surface area contributed by atoms with Crippen molar-refractivity contribution in [1.29, 1.82) is 0 Å². The third kappa shape index (κ3) is 5.04. The van der Waals surface area contributed by atoms with Gasteiger partial charge in [-0.15, -0.1) is 0 Å². The van der Waals surface area contributed by atoms with Crippen LogP contribution in [0.1, 0.15) is 31.2 Å². The van der Waals surface area contributed by atoms with Crippen LogP contribution in [-0.4, -0.2) is 38.6 Å². The molecule has 0 unspecified atom stereocenters.